The average molecular weight is 183 g/mol. The molecule has 0 aliphatic rings. The lowest BCUT2D eigenvalue weighted by atomic mass is 10.2. The fourth-order valence-electron chi connectivity index (χ4n) is 0.879. The molecule has 0 amide bonds. The van der Waals surface area contributed by atoms with Crippen molar-refractivity contribution in [3.63, 3.8) is 0 Å². The third-order valence-corrected chi connectivity index (χ3v) is 1.54. The highest BCUT2D eigenvalue weighted by Crippen LogP contribution is 2.09. The van der Waals surface area contributed by atoms with Gasteiger partial charge in [-0.05, 0) is 24.6 Å². The lowest BCUT2D eigenvalue weighted by Crippen LogP contribution is -2.09. The van der Waals surface area contributed by atoms with Gasteiger partial charge < -0.3 is 5.73 Å². The molecule has 0 saturated heterocycles. The molecule has 1 nitrogen and oxygen atoms in total. The third kappa shape index (κ3) is 2.95. The van der Waals surface area contributed by atoms with E-state index >= 15 is 0 Å². The first-order valence-electron chi connectivity index (χ1n) is 3.98. The van der Waals surface area contributed by atoms with Crippen LogP contribution in [0.4, 0.5) is 8.78 Å². The van der Waals surface area contributed by atoms with Crippen molar-refractivity contribution in [1.29, 1.82) is 0 Å². The van der Waals surface area contributed by atoms with Crippen LogP contribution in [0.15, 0.2) is 24.3 Å². The van der Waals surface area contributed by atoms with Crippen molar-refractivity contribution in [3.05, 3.63) is 41.5 Å². The Hall–Kier alpha value is -1.22. The van der Waals surface area contributed by atoms with Crippen LogP contribution in [0.3, 0.4) is 0 Å². The van der Waals surface area contributed by atoms with Gasteiger partial charge in [-0.2, -0.15) is 0 Å². The minimum atomic E-state index is -0.841. The molecule has 2 N–H and O–H groups in total. The maximum atomic E-state index is 12.7. The second-order valence-corrected chi connectivity index (χ2v) is 2.89. The molecular weight excluding hydrogens is 172 g/mol. The molecule has 1 atom stereocenters. The first-order valence-corrected chi connectivity index (χ1v) is 3.98. The number of rotatable bonds is 2. The number of hydrogen-bond donors (Lipinski definition) is 1. The number of nitrogens with two attached hydrogens (primary N) is 1. The highest BCUT2D eigenvalue weighted by atomic mass is 19.2. The van der Waals surface area contributed by atoms with Gasteiger partial charge >= 0.3 is 0 Å². The summed E-state index contributed by atoms with van der Waals surface area (Å²) in [7, 11) is 0. The molecule has 0 aromatic heterocycles. The van der Waals surface area contributed by atoms with E-state index in [-0.39, 0.29) is 6.04 Å². The van der Waals surface area contributed by atoms with E-state index in [0.717, 1.165) is 12.1 Å². The van der Waals surface area contributed by atoms with E-state index in [1.54, 1.807) is 19.1 Å². The molecule has 0 spiro atoms. The Bertz CT molecular complexity index is 319. The molecule has 0 bridgehead atoms. The highest BCUT2D eigenvalue weighted by Gasteiger charge is 1.99. The molecule has 3 heteroatoms. The molecule has 70 valence electrons. The summed E-state index contributed by atoms with van der Waals surface area (Å²) in [6.07, 6.45) is 3.37. The molecule has 1 aromatic rings. The van der Waals surface area contributed by atoms with E-state index in [1.807, 2.05) is 0 Å². The number of hydrogen-bond acceptors (Lipinski definition) is 1. The van der Waals surface area contributed by atoms with Crippen molar-refractivity contribution in [3.8, 4) is 0 Å². The zero-order valence-corrected chi connectivity index (χ0v) is 7.30. The van der Waals surface area contributed by atoms with Gasteiger partial charge in [-0.15, -0.1) is 0 Å². The molecule has 1 aromatic carbocycles. The van der Waals surface area contributed by atoms with Crippen molar-refractivity contribution in [2.24, 2.45) is 5.73 Å². The van der Waals surface area contributed by atoms with Gasteiger partial charge in [0.15, 0.2) is 11.6 Å². The quantitative estimate of drug-likeness (QED) is 0.748. The molecule has 0 radical (unpaired) electrons. The smallest absolute Gasteiger partial charge is 0.159 e. The minimum absolute atomic E-state index is 0.0897. The van der Waals surface area contributed by atoms with Gasteiger partial charge in [-0.3, -0.25) is 0 Å². The summed E-state index contributed by atoms with van der Waals surface area (Å²) < 4.78 is 25.1. The molecule has 1 rings (SSSR count). The van der Waals surface area contributed by atoms with Crippen LogP contribution in [-0.4, -0.2) is 6.04 Å². The lowest BCUT2D eigenvalue weighted by molar-refractivity contribution is 0.508. The van der Waals surface area contributed by atoms with E-state index in [9.17, 15) is 8.78 Å². The first-order chi connectivity index (χ1) is 6.09. The molecule has 0 fully saturated rings. The van der Waals surface area contributed by atoms with Crippen LogP contribution in [0.25, 0.3) is 6.08 Å². The Morgan fingerprint density at radius 2 is 2.00 bits per heavy atom. The van der Waals surface area contributed by atoms with E-state index in [1.165, 1.54) is 6.07 Å². The minimum Gasteiger partial charge on any atom is -0.325 e. The topological polar surface area (TPSA) is 26.0 Å². The van der Waals surface area contributed by atoms with Gasteiger partial charge in [0.25, 0.3) is 0 Å². The van der Waals surface area contributed by atoms with Crippen LogP contribution < -0.4 is 5.73 Å². The predicted molar refractivity (Wildman–Crippen MR) is 49.0 cm³/mol. The van der Waals surface area contributed by atoms with Crippen LogP contribution in [0, 0.1) is 11.6 Å². The standard InChI is InChI=1S/C10H11F2N/c1-7(13)2-3-8-4-5-9(11)10(12)6-8/h2-7H,13H2,1H3/b3-2+. The van der Waals surface area contributed by atoms with Gasteiger partial charge in [0.1, 0.15) is 0 Å². The summed E-state index contributed by atoms with van der Waals surface area (Å²) >= 11 is 0. The molecule has 0 heterocycles. The number of halogens is 2. The molecule has 1 unspecified atom stereocenters. The summed E-state index contributed by atoms with van der Waals surface area (Å²) in [5.74, 6) is -1.68. The van der Waals surface area contributed by atoms with Gasteiger partial charge in [-0.1, -0.05) is 18.2 Å². The van der Waals surface area contributed by atoms with Crippen molar-refractivity contribution >= 4 is 6.08 Å². The fourth-order valence-corrected chi connectivity index (χ4v) is 0.879. The molecule has 0 aliphatic carbocycles. The Labute approximate surface area is 75.9 Å². The van der Waals surface area contributed by atoms with Crippen LogP contribution in [0.2, 0.25) is 0 Å². The first kappa shape index (κ1) is 9.86. The zero-order chi connectivity index (χ0) is 9.84. The van der Waals surface area contributed by atoms with Crippen LogP contribution in [0.1, 0.15) is 12.5 Å². The maximum absolute atomic E-state index is 12.7. The normalized spacial score (nSPS) is 13.5. The summed E-state index contributed by atoms with van der Waals surface area (Å²) in [5.41, 5.74) is 6.06. The molecule has 13 heavy (non-hydrogen) atoms. The van der Waals surface area contributed by atoms with Crippen LogP contribution >= 0.6 is 0 Å². The summed E-state index contributed by atoms with van der Waals surface area (Å²) in [6.45, 7) is 1.80. The second kappa shape index (κ2) is 4.14. The van der Waals surface area contributed by atoms with Gasteiger partial charge in [-0.25, -0.2) is 8.78 Å². The predicted octanol–water partition coefficient (Wildman–Crippen LogP) is 2.33. The maximum Gasteiger partial charge on any atom is 0.159 e. The second-order valence-electron chi connectivity index (χ2n) is 2.89. The van der Waals surface area contributed by atoms with Crippen molar-refractivity contribution < 1.29 is 8.78 Å². The molecule has 0 saturated carbocycles. The molecular formula is C10H11F2N. The van der Waals surface area contributed by atoms with Crippen molar-refractivity contribution in [2.75, 3.05) is 0 Å². The zero-order valence-electron chi connectivity index (χ0n) is 7.30. The van der Waals surface area contributed by atoms with Crippen LogP contribution in [-0.2, 0) is 0 Å². The average Bonchev–Trinajstić information content (AvgIpc) is 2.07. The summed E-state index contributed by atoms with van der Waals surface area (Å²) in [5, 5.41) is 0. The molecule has 0 aliphatic heterocycles. The van der Waals surface area contributed by atoms with Gasteiger partial charge in [0, 0.05) is 6.04 Å². The SMILES string of the molecule is CC(N)/C=C/c1ccc(F)c(F)c1. The van der Waals surface area contributed by atoms with E-state index < -0.39 is 11.6 Å². The Balaban J connectivity index is 2.85. The number of benzene rings is 1. The largest absolute Gasteiger partial charge is 0.325 e. The van der Waals surface area contributed by atoms with Gasteiger partial charge in [0.2, 0.25) is 0 Å². The van der Waals surface area contributed by atoms with E-state index in [0.29, 0.717) is 5.56 Å². The third-order valence-electron chi connectivity index (χ3n) is 1.54. The highest BCUT2D eigenvalue weighted by molar-refractivity contribution is 5.49. The van der Waals surface area contributed by atoms with Crippen molar-refractivity contribution in [1.82, 2.24) is 0 Å². The monoisotopic (exact) mass is 183 g/mol. The fraction of sp³-hybridized carbons (Fsp3) is 0.200. The Morgan fingerprint density at radius 1 is 1.31 bits per heavy atom. The van der Waals surface area contributed by atoms with E-state index in [4.69, 9.17) is 5.73 Å². The Kier molecular flexibility index (Phi) is 3.14. The van der Waals surface area contributed by atoms with E-state index in [2.05, 4.69) is 0 Å². The van der Waals surface area contributed by atoms with Crippen LogP contribution in [0.5, 0.6) is 0 Å². The summed E-state index contributed by atoms with van der Waals surface area (Å²) in [6, 6.07) is 3.63. The van der Waals surface area contributed by atoms with Gasteiger partial charge in [0.05, 0.1) is 0 Å². The lowest BCUT2D eigenvalue weighted by Gasteiger charge is -1.97. The Morgan fingerprint density at radius 3 is 2.54 bits per heavy atom. The van der Waals surface area contributed by atoms with Crippen molar-refractivity contribution in [2.45, 2.75) is 13.0 Å². The summed E-state index contributed by atoms with van der Waals surface area (Å²) in [4.78, 5) is 0.